The summed E-state index contributed by atoms with van der Waals surface area (Å²) in [6, 6.07) is 8.98. The highest BCUT2D eigenvalue weighted by Gasteiger charge is 2.28. The first kappa shape index (κ1) is 18.1. The summed E-state index contributed by atoms with van der Waals surface area (Å²) in [5.41, 5.74) is 4.78. The molecule has 4 heterocycles. The monoisotopic (exact) mass is 430 g/mol. The van der Waals surface area contributed by atoms with Gasteiger partial charge in [0.05, 0.1) is 40.4 Å². The second-order valence-electron chi connectivity index (χ2n) is 6.87. The van der Waals surface area contributed by atoms with Gasteiger partial charge < -0.3 is 10.1 Å². The van der Waals surface area contributed by atoms with E-state index in [-0.39, 0.29) is 12.6 Å². The summed E-state index contributed by atoms with van der Waals surface area (Å²) in [4.78, 5) is 11.0. The second-order valence-corrected chi connectivity index (χ2v) is 9.26. The molecular formula is C18H15ClN6O3S. The second kappa shape index (κ2) is 6.28. The minimum absolute atomic E-state index is 0.211. The minimum atomic E-state index is -3.23. The highest BCUT2D eigenvalue weighted by molar-refractivity contribution is 7.88. The molecule has 0 radical (unpaired) electrons. The maximum Gasteiger partial charge on any atom is 0.293 e. The summed E-state index contributed by atoms with van der Waals surface area (Å²) >= 11 is 6.34. The molecule has 29 heavy (non-hydrogen) atoms. The van der Waals surface area contributed by atoms with E-state index in [9.17, 15) is 13.5 Å². The molecule has 0 aliphatic carbocycles. The first-order chi connectivity index (χ1) is 13.8. The number of aromatic amines is 1. The van der Waals surface area contributed by atoms with Gasteiger partial charge in [0, 0.05) is 23.9 Å². The Morgan fingerprint density at radius 1 is 1.17 bits per heavy atom. The van der Waals surface area contributed by atoms with Gasteiger partial charge >= 0.3 is 0 Å². The predicted molar refractivity (Wildman–Crippen MR) is 107 cm³/mol. The summed E-state index contributed by atoms with van der Waals surface area (Å²) in [5, 5.41) is 14.4. The number of aromatic hydroxyl groups is 1. The summed E-state index contributed by atoms with van der Waals surface area (Å²) in [7, 11) is -3.23. The van der Waals surface area contributed by atoms with E-state index in [2.05, 4.69) is 20.1 Å². The van der Waals surface area contributed by atoms with Crippen LogP contribution in [0.4, 0.5) is 0 Å². The lowest BCUT2D eigenvalue weighted by Crippen LogP contribution is -2.24. The Labute approximate surface area is 170 Å². The largest absolute Gasteiger partial charge is 0.480 e. The van der Waals surface area contributed by atoms with Crippen molar-refractivity contribution in [3.05, 3.63) is 52.8 Å². The molecule has 0 bridgehead atoms. The number of hydrogen-bond acceptors (Lipinski definition) is 6. The van der Waals surface area contributed by atoms with Gasteiger partial charge in [-0.2, -0.15) is 14.4 Å². The molecule has 0 atom stereocenters. The smallest absolute Gasteiger partial charge is 0.293 e. The lowest BCUT2D eigenvalue weighted by atomic mass is 10.1. The van der Waals surface area contributed by atoms with Gasteiger partial charge in [-0.3, -0.25) is 0 Å². The van der Waals surface area contributed by atoms with Gasteiger partial charge in [-0.15, -0.1) is 0 Å². The van der Waals surface area contributed by atoms with Crippen molar-refractivity contribution in [2.45, 2.75) is 13.1 Å². The van der Waals surface area contributed by atoms with E-state index in [4.69, 9.17) is 11.6 Å². The van der Waals surface area contributed by atoms with Crippen LogP contribution in [0.15, 0.2) is 36.5 Å². The standard InChI is InChI=1S/C18H15ClN6O3S/c1-29(27,28)24-7-11-8-25(23-15(11)9-24)12-4-2-10(3-5-12)16-13(19)6-14-17(21-16)22-18(26)20-14/h2-6,8H,7,9H2,1H3,(H2,20,21,22,26). The van der Waals surface area contributed by atoms with Crippen LogP contribution in [0, 0.1) is 0 Å². The number of H-pyrrole nitrogens is 1. The third-order valence-corrected chi connectivity index (χ3v) is 6.32. The number of fused-ring (bicyclic) bond motifs is 2. The van der Waals surface area contributed by atoms with Gasteiger partial charge in [-0.05, 0) is 18.2 Å². The zero-order valence-corrected chi connectivity index (χ0v) is 16.7. The zero-order valence-electron chi connectivity index (χ0n) is 15.2. The number of aromatic nitrogens is 5. The topological polar surface area (TPSA) is 117 Å². The molecule has 148 valence electrons. The first-order valence-electron chi connectivity index (χ1n) is 8.66. The molecular weight excluding hydrogens is 416 g/mol. The van der Waals surface area contributed by atoms with Crippen LogP contribution in [-0.4, -0.2) is 48.8 Å². The zero-order chi connectivity index (χ0) is 20.3. The fraction of sp³-hybridized carbons (Fsp3) is 0.167. The van der Waals surface area contributed by atoms with E-state index in [1.807, 2.05) is 30.5 Å². The Morgan fingerprint density at radius 3 is 2.62 bits per heavy atom. The van der Waals surface area contributed by atoms with Crippen molar-refractivity contribution in [1.82, 2.24) is 29.0 Å². The van der Waals surface area contributed by atoms with Crippen LogP contribution in [0.1, 0.15) is 11.3 Å². The molecule has 0 spiro atoms. The van der Waals surface area contributed by atoms with Crippen molar-refractivity contribution >= 4 is 32.8 Å². The highest BCUT2D eigenvalue weighted by atomic mass is 35.5. The van der Waals surface area contributed by atoms with E-state index in [1.54, 1.807) is 10.7 Å². The molecule has 2 N–H and O–H groups in total. The predicted octanol–water partition coefficient (Wildman–Crippen LogP) is 2.44. The average Bonchev–Trinajstić information content (AvgIpc) is 3.32. The van der Waals surface area contributed by atoms with Crippen LogP contribution in [0.3, 0.4) is 0 Å². The molecule has 9 nitrogen and oxygen atoms in total. The van der Waals surface area contributed by atoms with Crippen molar-refractivity contribution in [1.29, 1.82) is 0 Å². The van der Waals surface area contributed by atoms with Crippen LogP contribution in [-0.2, 0) is 23.1 Å². The van der Waals surface area contributed by atoms with Gasteiger partial charge in [-0.25, -0.2) is 18.1 Å². The van der Waals surface area contributed by atoms with Crippen molar-refractivity contribution in [3.63, 3.8) is 0 Å². The average molecular weight is 431 g/mol. The third-order valence-electron chi connectivity index (χ3n) is 4.84. The molecule has 0 saturated heterocycles. The summed E-state index contributed by atoms with van der Waals surface area (Å²) in [6.07, 6.45) is 3.05. The maximum absolute atomic E-state index is 11.7. The Kier molecular flexibility index (Phi) is 3.92. The Morgan fingerprint density at radius 2 is 1.93 bits per heavy atom. The fourth-order valence-electron chi connectivity index (χ4n) is 3.37. The molecule has 1 aromatic carbocycles. The van der Waals surface area contributed by atoms with Crippen LogP contribution in [0.25, 0.3) is 28.1 Å². The van der Waals surface area contributed by atoms with Crippen molar-refractivity contribution in [2.75, 3.05) is 6.26 Å². The highest BCUT2D eigenvalue weighted by Crippen LogP contribution is 2.30. The van der Waals surface area contributed by atoms with Gasteiger partial charge in [0.25, 0.3) is 6.01 Å². The Hall–Kier alpha value is -2.95. The number of imidazole rings is 1. The molecule has 0 saturated carbocycles. The minimum Gasteiger partial charge on any atom is -0.480 e. The van der Waals surface area contributed by atoms with E-state index in [1.165, 1.54) is 10.6 Å². The fourth-order valence-corrected chi connectivity index (χ4v) is 4.36. The summed E-state index contributed by atoms with van der Waals surface area (Å²) < 4.78 is 26.5. The van der Waals surface area contributed by atoms with Crippen LogP contribution < -0.4 is 0 Å². The number of nitrogens with one attached hydrogen (secondary N) is 1. The number of benzene rings is 1. The number of hydrogen-bond donors (Lipinski definition) is 2. The molecule has 0 fully saturated rings. The molecule has 0 amide bonds. The van der Waals surface area contributed by atoms with Crippen LogP contribution in [0.2, 0.25) is 5.02 Å². The lowest BCUT2D eigenvalue weighted by Gasteiger charge is -2.11. The normalized spacial score (nSPS) is 14.6. The Bertz CT molecular complexity index is 1340. The molecule has 1 aliphatic rings. The van der Waals surface area contributed by atoms with E-state index in [0.717, 1.165) is 22.5 Å². The number of nitrogens with zero attached hydrogens (tertiary/aromatic N) is 5. The van der Waals surface area contributed by atoms with Crippen molar-refractivity contribution in [3.8, 4) is 23.0 Å². The maximum atomic E-state index is 11.7. The molecule has 5 rings (SSSR count). The molecule has 1 aliphatic heterocycles. The van der Waals surface area contributed by atoms with Crippen molar-refractivity contribution < 1.29 is 13.5 Å². The quantitative estimate of drug-likeness (QED) is 0.515. The van der Waals surface area contributed by atoms with Gasteiger partial charge in [0.15, 0.2) is 5.65 Å². The van der Waals surface area contributed by atoms with E-state index in [0.29, 0.717) is 28.4 Å². The van der Waals surface area contributed by atoms with Gasteiger partial charge in [-0.1, -0.05) is 23.7 Å². The number of rotatable bonds is 3. The van der Waals surface area contributed by atoms with Crippen molar-refractivity contribution in [2.24, 2.45) is 0 Å². The molecule has 11 heteroatoms. The molecule has 4 aromatic rings. The van der Waals surface area contributed by atoms with E-state index >= 15 is 0 Å². The molecule has 3 aromatic heterocycles. The Balaban J connectivity index is 1.44. The van der Waals surface area contributed by atoms with Gasteiger partial charge in [0.1, 0.15) is 0 Å². The van der Waals surface area contributed by atoms with E-state index < -0.39 is 10.0 Å². The SMILES string of the molecule is CS(=O)(=O)N1Cc2cn(-c3ccc(-c4nc5nc(O)[nH]c5cc4Cl)cc3)nc2C1. The number of pyridine rings is 1. The lowest BCUT2D eigenvalue weighted by molar-refractivity contribution is 0.430. The third kappa shape index (κ3) is 3.15. The van der Waals surface area contributed by atoms with Crippen LogP contribution in [0.5, 0.6) is 6.01 Å². The number of sulfonamides is 1. The van der Waals surface area contributed by atoms with Crippen LogP contribution >= 0.6 is 11.6 Å². The number of halogens is 1. The first-order valence-corrected chi connectivity index (χ1v) is 10.9. The van der Waals surface area contributed by atoms with Gasteiger partial charge in [0.2, 0.25) is 10.0 Å². The molecule has 0 unspecified atom stereocenters. The summed E-state index contributed by atoms with van der Waals surface area (Å²) in [5.74, 6) is 0. The summed E-state index contributed by atoms with van der Waals surface area (Å²) in [6.45, 7) is 0.623.